The van der Waals surface area contributed by atoms with Gasteiger partial charge in [0.15, 0.2) is 0 Å². The molecule has 0 aliphatic rings. The molecule has 1 unspecified atom stereocenters. The largest absolute Gasteiger partial charge is 0.478 e. The van der Waals surface area contributed by atoms with Gasteiger partial charge in [0, 0.05) is 6.54 Å². The minimum Gasteiger partial charge on any atom is -0.478 e. The van der Waals surface area contributed by atoms with Gasteiger partial charge in [0.25, 0.3) is 0 Å². The maximum atomic E-state index is 13.3. The van der Waals surface area contributed by atoms with Crippen LogP contribution in [-0.2, 0) is 0 Å². The Kier molecular flexibility index (Phi) is 4.90. The maximum absolute atomic E-state index is 13.3. The van der Waals surface area contributed by atoms with Crippen LogP contribution in [0.25, 0.3) is 0 Å². The molecule has 17 heavy (non-hydrogen) atoms. The predicted molar refractivity (Wildman–Crippen MR) is 62.8 cm³/mol. The molecular formula is C12H16FNO3. The van der Waals surface area contributed by atoms with E-state index in [0.29, 0.717) is 19.4 Å². The van der Waals surface area contributed by atoms with Crippen LogP contribution >= 0.6 is 0 Å². The van der Waals surface area contributed by atoms with Crippen molar-refractivity contribution in [1.29, 1.82) is 0 Å². The van der Waals surface area contributed by atoms with E-state index in [4.69, 9.17) is 5.11 Å². The van der Waals surface area contributed by atoms with Gasteiger partial charge in [-0.1, -0.05) is 13.0 Å². The van der Waals surface area contributed by atoms with E-state index in [9.17, 15) is 14.3 Å². The second-order valence-corrected chi connectivity index (χ2v) is 3.75. The van der Waals surface area contributed by atoms with Crippen molar-refractivity contribution in [3.63, 3.8) is 0 Å². The molecule has 0 amide bonds. The lowest BCUT2D eigenvalue weighted by Crippen LogP contribution is -2.14. The quantitative estimate of drug-likeness (QED) is 0.713. The molecule has 0 radical (unpaired) electrons. The number of aliphatic hydroxyl groups excluding tert-OH is 1. The Morgan fingerprint density at radius 2 is 2.24 bits per heavy atom. The van der Waals surface area contributed by atoms with Gasteiger partial charge in [0.1, 0.15) is 11.4 Å². The molecule has 5 heteroatoms. The summed E-state index contributed by atoms with van der Waals surface area (Å²) in [6.07, 6.45) is 0.701. The average molecular weight is 241 g/mol. The topological polar surface area (TPSA) is 69.6 Å². The third-order valence-corrected chi connectivity index (χ3v) is 2.49. The molecule has 0 fully saturated rings. The number of hydrogen-bond acceptors (Lipinski definition) is 3. The first-order valence-electron chi connectivity index (χ1n) is 5.50. The van der Waals surface area contributed by atoms with Crippen LogP contribution < -0.4 is 5.32 Å². The Morgan fingerprint density at radius 3 is 2.82 bits per heavy atom. The van der Waals surface area contributed by atoms with Crippen LogP contribution in [0.2, 0.25) is 0 Å². The van der Waals surface area contributed by atoms with Crippen LogP contribution in [0, 0.1) is 5.82 Å². The third-order valence-electron chi connectivity index (χ3n) is 2.49. The molecule has 0 aliphatic heterocycles. The average Bonchev–Trinajstić information content (AvgIpc) is 2.28. The normalized spacial score (nSPS) is 12.2. The summed E-state index contributed by atoms with van der Waals surface area (Å²) in [7, 11) is 0. The Balaban J connectivity index is 2.71. The van der Waals surface area contributed by atoms with E-state index in [2.05, 4.69) is 5.32 Å². The zero-order valence-electron chi connectivity index (χ0n) is 9.61. The predicted octanol–water partition coefficient (Wildman–Crippen LogP) is 2.10. The number of halogens is 1. The fourth-order valence-electron chi connectivity index (χ4n) is 1.47. The highest BCUT2D eigenvalue weighted by atomic mass is 19.1. The minimum absolute atomic E-state index is 0.237. The first kappa shape index (κ1) is 13.4. The number of aliphatic hydroxyl groups is 1. The lowest BCUT2D eigenvalue weighted by molar-refractivity contribution is 0.0693. The molecule has 0 saturated carbocycles. The van der Waals surface area contributed by atoms with Gasteiger partial charge in [-0.05, 0) is 25.0 Å². The number of nitrogens with one attached hydrogen (secondary N) is 1. The van der Waals surface area contributed by atoms with Gasteiger partial charge in [-0.15, -0.1) is 0 Å². The lowest BCUT2D eigenvalue weighted by atomic mass is 10.1. The Hall–Kier alpha value is -1.62. The molecule has 0 spiro atoms. The molecule has 94 valence electrons. The Labute approximate surface area is 99.1 Å². The highest BCUT2D eigenvalue weighted by molar-refractivity contribution is 5.94. The van der Waals surface area contributed by atoms with Gasteiger partial charge in [0.2, 0.25) is 0 Å². The second-order valence-electron chi connectivity index (χ2n) is 3.75. The van der Waals surface area contributed by atoms with E-state index >= 15 is 0 Å². The van der Waals surface area contributed by atoms with E-state index in [0.717, 1.165) is 6.07 Å². The van der Waals surface area contributed by atoms with Gasteiger partial charge >= 0.3 is 5.97 Å². The number of carboxylic acids is 1. The van der Waals surface area contributed by atoms with Gasteiger partial charge in [-0.3, -0.25) is 0 Å². The van der Waals surface area contributed by atoms with E-state index in [1.165, 1.54) is 12.1 Å². The van der Waals surface area contributed by atoms with Crippen molar-refractivity contribution in [2.45, 2.75) is 25.9 Å². The van der Waals surface area contributed by atoms with Gasteiger partial charge in [-0.25, -0.2) is 9.18 Å². The Bertz CT molecular complexity index is 395. The fraction of sp³-hybridized carbons (Fsp3) is 0.417. The van der Waals surface area contributed by atoms with Crippen LogP contribution in [0.15, 0.2) is 18.2 Å². The molecule has 1 rings (SSSR count). The van der Waals surface area contributed by atoms with E-state index < -0.39 is 17.9 Å². The highest BCUT2D eigenvalue weighted by Crippen LogP contribution is 2.19. The molecule has 3 N–H and O–H groups in total. The summed E-state index contributed by atoms with van der Waals surface area (Å²) < 4.78 is 13.3. The van der Waals surface area contributed by atoms with E-state index in [1.54, 1.807) is 0 Å². The van der Waals surface area contributed by atoms with Crippen molar-refractivity contribution in [2.24, 2.45) is 0 Å². The molecule has 1 aromatic carbocycles. The summed E-state index contributed by atoms with van der Waals surface area (Å²) in [6, 6.07) is 4.06. The number of hydrogen-bond donors (Lipinski definition) is 3. The SMILES string of the molecule is CCC(O)CCNc1cccc(F)c1C(=O)O. The molecule has 0 aromatic heterocycles. The summed E-state index contributed by atoms with van der Waals surface area (Å²) in [5.74, 6) is -2.07. The van der Waals surface area contributed by atoms with Crippen LogP contribution in [-0.4, -0.2) is 28.8 Å². The molecule has 0 bridgehead atoms. The summed E-state index contributed by atoms with van der Waals surface area (Å²) in [4.78, 5) is 10.9. The van der Waals surface area contributed by atoms with Crippen molar-refractivity contribution in [3.8, 4) is 0 Å². The number of benzene rings is 1. The first-order chi connectivity index (χ1) is 8.06. The zero-order valence-corrected chi connectivity index (χ0v) is 9.61. The summed E-state index contributed by atoms with van der Waals surface area (Å²) in [5, 5.41) is 21.0. The van der Waals surface area contributed by atoms with Crippen LogP contribution in [0.1, 0.15) is 30.1 Å². The molecule has 0 aliphatic carbocycles. The Morgan fingerprint density at radius 1 is 1.53 bits per heavy atom. The fourth-order valence-corrected chi connectivity index (χ4v) is 1.47. The standard InChI is InChI=1S/C12H16FNO3/c1-2-8(15)6-7-14-10-5-3-4-9(13)11(10)12(16)17/h3-5,8,14-15H,2,6-7H2,1H3,(H,16,17). The zero-order chi connectivity index (χ0) is 12.8. The number of anilines is 1. The van der Waals surface area contributed by atoms with Crippen molar-refractivity contribution in [2.75, 3.05) is 11.9 Å². The van der Waals surface area contributed by atoms with Gasteiger partial charge in [-0.2, -0.15) is 0 Å². The van der Waals surface area contributed by atoms with Gasteiger partial charge < -0.3 is 15.5 Å². The molecular weight excluding hydrogens is 225 g/mol. The van der Waals surface area contributed by atoms with Crippen LogP contribution in [0.3, 0.4) is 0 Å². The summed E-state index contributed by atoms with van der Waals surface area (Å²) in [6.45, 7) is 2.26. The molecule has 4 nitrogen and oxygen atoms in total. The number of carbonyl (C=O) groups is 1. The van der Waals surface area contributed by atoms with E-state index in [1.807, 2.05) is 6.92 Å². The first-order valence-corrected chi connectivity index (χ1v) is 5.50. The number of aromatic carboxylic acids is 1. The van der Waals surface area contributed by atoms with Gasteiger partial charge in [0.05, 0.1) is 11.8 Å². The minimum atomic E-state index is -1.30. The van der Waals surface area contributed by atoms with Crippen LogP contribution in [0.5, 0.6) is 0 Å². The van der Waals surface area contributed by atoms with Crippen molar-refractivity contribution >= 4 is 11.7 Å². The van der Waals surface area contributed by atoms with Crippen molar-refractivity contribution in [3.05, 3.63) is 29.6 Å². The molecule has 0 heterocycles. The summed E-state index contributed by atoms with van der Waals surface area (Å²) >= 11 is 0. The van der Waals surface area contributed by atoms with Crippen LogP contribution in [0.4, 0.5) is 10.1 Å². The molecule has 1 atom stereocenters. The highest BCUT2D eigenvalue weighted by Gasteiger charge is 2.15. The van der Waals surface area contributed by atoms with E-state index in [-0.39, 0.29) is 11.3 Å². The number of rotatable bonds is 6. The smallest absolute Gasteiger partial charge is 0.340 e. The van der Waals surface area contributed by atoms with Crippen molar-refractivity contribution in [1.82, 2.24) is 0 Å². The molecule has 0 saturated heterocycles. The second kappa shape index (κ2) is 6.20. The number of carboxylic acid groups (broad SMARTS) is 1. The summed E-state index contributed by atoms with van der Waals surface area (Å²) in [5.41, 5.74) is -0.126. The monoisotopic (exact) mass is 241 g/mol. The molecule has 1 aromatic rings. The lowest BCUT2D eigenvalue weighted by Gasteiger charge is -2.12. The van der Waals surface area contributed by atoms with Crippen molar-refractivity contribution < 1.29 is 19.4 Å². The third kappa shape index (κ3) is 3.71. The maximum Gasteiger partial charge on any atom is 0.340 e.